The molecule has 0 amide bonds. The van der Waals surface area contributed by atoms with Crippen LogP contribution in [-0.4, -0.2) is 7.11 Å². The number of nitriles is 1. The summed E-state index contributed by atoms with van der Waals surface area (Å²) in [4.78, 5) is 0. The normalized spacial score (nSPS) is 15.9. The van der Waals surface area contributed by atoms with E-state index in [1.54, 1.807) is 7.11 Å². The lowest BCUT2D eigenvalue weighted by molar-refractivity contribution is 0.258. The number of benzene rings is 2. The number of hydrogen-bond donors (Lipinski definition) is 0. The molecule has 0 fully saturated rings. The minimum atomic E-state index is -0.579. The van der Waals surface area contributed by atoms with E-state index in [2.05, 4.69) is 6.07 Å². The molecule has 1 atom stereocenters. The molecule has 88 valence electrons. The van der Waals surface area contributed by atoms with E-state index in [1.807, 2.05) is 42.5 Å². The Bertz CT molecular complexity index is 643. The number of hydrogen-bond acceptors (Lipinski definition) is 3. The van der Waals surface area contributed by atoms with Gasteiger partial charge in [0.15, 0.2) is 0 Å². The van der Waals surface area contributed by atoms with Crippen molar-refractivity contribution < 1.29 is 9.47 Å². The number of rotatable bonds is 1. The van der Waals surface area contributed by atoms with E-state index in [9.17, 15) is 5.26 Å². The average Bonchev–Trinajstić information content (AvgIpc) is 2.45. The highest BCUT2D eigenvalue weighted by molar-refractivity contribution is 5.76. The number of methoxy groups -OCH3 is 1. The number of fused-ring (bicyclic) bond motifs is 3. The van der Waals surface area contributed by atoms with Crippen molar-refractivity contribution in [3.8, 4) is 28.7 Å². The summed E-state index contributed by atoms with van der Waals surface area (Å²) < 4.78 is 10.9. The molecule has 2 aromatic carbocycles. The molecule has 1 unspecified atom stereocenters. The fraction of sp³-hybridized carbons (Fsp3) is 0.133. The fourth-order valence-corrected chi connectivity index (χ4v) is 2.21. The third kappa shape index (κ3) is 1.51. The minimum absolute atomic E-state index is 0.579. The van der Waals surface area contributed by atoms with Crippen LogP contribution in [-0.2, 0) is 0 Å². The lowest BCUT2D eigenvalue weighted by atomic mass is 9.93. The standard InChI is InChI=1S/C15H11NO2/c1-17-10-6-7-11-12-4-2-3-5-14(12)18-15(9-16)13(11)8-10/h2-8,15H,1H3. The molecule has 0 N–H and O–H groups in total. The van der Waals surface area contributed by atoms with Crippen LogP contribution in [0.25, 0.3) is 11.1 Å². The molecule has 3 nitrogen and oxygen atoms in total. The molecule has 1 aliphatic heterocycles. The predicted molar refractivity (Wildman–Crippen MR) is 67.4 cm³/mol. The van der Waals surface area contributed by atoms with Crippen molar-refractivity contribution in [2.24, 2.45) is 0 Å². The quantitative estimate of drug-likeness (QED) is 0.764. The van der Waals surface area contributed by atoms with E-state index in [0.29, 0.717) is 0 Å². The van der Waals surface area contributed by atoms with Gasteiger partial charge in [0.25, 0.3) is 0 Å². The second-order valence-corrected chi connectivity index (χ2v) is 4.08. The van der Waals surface area contributed by atoms with Gasteiger partial charge in [0.2, 0.25) is 6.10 Å². The molecule has 18 heavy (non-hydrogen) atoms. The van der Waals surface area contributed by atoms with Crippen LogP contribution < -0.4 is 9.47 Å². The minimum Gasteiger partial charge on any atom is -0.497 e. The summed E-state index contributed by atoms with van der Waals surface area (Å²) in [5.74, 6) is 1.48. The van der Waals surface area contributed by atoms with Crippen LogP contribution in [0.15, 0.2) is 42.5 Å². The molecule has 0 bridgehead atoms. The predicted octanol–water partition coefficient (Wildman–Crippen LogP) is 3.32. The largest absolute Gasteiger partial charge is 0.497 e. The number of para-hydroxylation sites is 1. The number of ether oxygens (including phenoxy) is 2. The van der Waals surface area contributed by atoms with Crippen molar-refractivity contribution in [1.29, 1.82) is 5.26 Å². The van der Waals surface area contributed by atoms with Gasteiger partial charge >= 0.3 is 0 Å². The second kappa shape index (κ2) is 4.08. The second-order valence-electron chi connectivity index (χ2n) is 4.08. The molecule has 3 heteroatoms. The van der Waals surface area contributed by atoms with Gasteiger partial charge in [-0.15, -0.1) is 0 Å². The first-order chi connectivity index (χ1) is 8.83. The topological polar surface area (TPSA) is 42.2 Å². The zero-order valence-corrected chi connectivity index (χ0v) is 9.88. The lowest BCUT2D eigenvalue weighted by Gasteiger charge is -2.24. The molecule has 1 heterocycles. The molecular weight excluding hydrogens is 226 g/mol. The summed E-state index contributed by atoms with van der Waals surface area (Å²) in [5.41, 5.74) is 2.90. The van der Waals surface area contributed by atoms with E-state index < -0.39 is 6.10 Å². The Balaban J connectivity index is 2.24. The maximum atomic E-state index is 9.21. The van der Waals surface area contributed by atoms with Crippen LogP contribution in [0.5, 0.6) is 11.5 Å². The Morgan fingerprint density at radius 3 is 2.78 bits per heavy atom. The van der Waals surface area contributed by atoms with E-state index in [0.717, 1.165) is 28.2 Å². The maximum absolute atomic E-state index is 9.21. The summed E-state index contributed by atoms with van der Waals surface area (Å²) >= 11 is 0. The molecule has 0 aliphatic carbocycles. The van der Waals surface area contributed by atoms with Crippen LogP contribution in [0.3, 0.4) is 0 Å². The van der Waals surface area contributed by atoms with Crippen LogP contribution in [0.2, 0.25) is 0 Å². The first-order valence-electron chi connectivity index (χ1n) is 5.67. The maximum Gasteiger partial charge on any atom is 0.210 e. The number of nitrogens with zero attached hydrogens (tertiary/aromatic N) is 1. The van der Waals surface area contributed by atoms with Gasteiger partial charge in [0.05, 0.1) is 7.11 Å². The van der Waals surface area contributed by atoms with Gasteiger partial charge < -0.3 is 9.47 Å². The van der Waals surface area contributed by atoms with Crippen molar-refractivity contribution in [2.75, 3.05) is 7.11 Å². The monoisotopic (exact) mass is 237 g/mol. The molecule has 1 aliphatic rings. The van der Waals surface area contributed by atoms with E-state index in [4.69, 9.17) is 9.47 Å². The van der Waals surface area contributed by atoms with E-state index >= 15 is 0 Å². The summed E-state index contributed by atoms with van der Waals surface area (Å²) in [6.07, 6.45) is -0.579. The van der Waals surface area contributed by atoms with Crippen molar-refractivity contribution in [2.45, 2.75) is 6.10 Å². The van der Waals surface area contributed by atoms with E-state index in [1.165, 1.54) is 0 Å². The first kappa shape index (κ1) is 10.7. The average molecular weight is 237 g/mol. The Labute approximate surface area is 105 Å². The van der Waals surface area contributed by atoms with Crippen LogP contribution in [0.1, 0.15) is 11.7 Å². The molecule has 3 rings (SSSR count). The Kier molecular flexibility index (Phi) is 2.42. The van der Waals surface area contributed by atoms with Crippen molar-refractivity contribution in [1.82, 2.24) is 0 Å². The highest BCUT2D eigenvalue weighted by Gasteiger charge is 2.25. The molecular formula is C15H11NO2. The van der Waals surface area contributed by atoms with Gasteiger partial charge in [0, 0.05) is 11.1 Å². The summed E-state index contributed by atoms with van der Waals surface area (Å²) in [6.45, 7) is 0. The van der Waals surface area contributed by atoms with Crippen LogP contribution in [0, 0.1) is 11.3 Å². The highest BCUT2D eigenvalue weighted by Crippen LogP contribution is 2.43. The smallest absolute Gasteiger partial charge is 0.210 e. The lowest BCUT2D eigenvalue weighted by Crippen LogP contribution is -2.12. The molecule has 0 spiro atoms. The molecule has 0 radical (unpaired) electrons. The third-order valence-electron chi connectivity index (χ3n) is 3.08. The highest BCUT2D eigenvalue weighted by atomic mass is 16.5. The zero-order chi connectivity index (χ0) is 12.5. The Morgan fingerprint density at radius 1 is 1.17 bits per heavy atom. The summed E-state index contributed by atoms with van der Waals surface area (Å²) in [7, 11) is 1.61. The van der Waals surface area contributed by atoms with Crippen molar-refractivity contribution in [3.63, 3.8) is 0 Å². The van der Waals surface area contributed by atoms with Crippen LogP contribution in [0.4, 0.5) is 0 Å². The van der Waals surface area contributed by atoms with E-state index in [-0.39, 0.29) is 0 Å². The third-order valence-corrected chi connectivity index (χ3v) is 3.08. The van der Waals surface area contributed by atoms with Crippen LogP contribution >= 0.6 is 0 Å². The molecule has 0 saturated carbocycles. The Morgan fingerprint density at radius 2 is 2.00 bits per heavy atom. The summed E-state index contributed by atoms with van der Waals surface area (Å²) in [5, 5.41) is 9.21. The Hall–Kier alpha value is -2.47. The first-order valence-corrected chi connectivity index (χ1v) is 5.67. The molecule has 0 aromatic heterocycles. The van der Waals surface area contributed by atoms with Gasteiger partial charge in [-0.05, 0) is 23.8 Å². The van der Waals surface area contributed by atoms with Gasteiger partial charge in [0.1, 0.15) is 17.6 Å². The fourth-order valence-electron chi connectivity index (χ4n) is 2.21. The summed E-state index contributed by atoms with van der Waals surface area (Å²) in [6, 6.07) is 15.6. The van der Waals surface area contributed by atoms with Gasteiger partial charge in [-0.25, -0.2) is 0 Å². The SMILES string of the molecule is COc1ccc2c(c1)C(C#N)Oc1ccccc1-2. The van der Waals surface area contributed by atoms with Gasteiger partial charge in [-0.3, -0.25) is 0 Å². The zero-order valence-electron chi connectivity index (χ0n) is 9.88. The van der Waals surface area contributed by atoms with Crippen molar-refractivity contribution in [3.05, 3.63) is 48.0 Å². The molecule has 0 saturated heterocycles. The van der Waals surface area contributed by atoms with Gasteiger partial charge in [-0.2, -0.15) is 5.26 Å². The molecule has 2 aromatic rings. The van der Waals surface area contributed by atoms with Crippen molar-refractivity contribution >= 4 is 0 Å². The van der Waals surface area contributed by atoms with Gasteiger partial charge in [-0.1, -0.05) is 24.3 Å².